The zero-order valence-electron chi connectivity index (χ0n) is 13.2. The van der Waals surface area contributed by atoms with Gasteiger partial charge in [-0.05, 0) is 24.1 Å². The van der Waals surface area contributed by atoms with E-state index in [1.54, 1.807) is 19.1 Å². The summed E-state index contributed by atoms with van der Waals surface area (Å²) in [6.07, 6.45) is 0.372. The minimum absolute atomic E-state index is 0.00389. The maximum Gasteiger partial charge on any atom is 0.337 e. The molecule has 8 nitrogen and oxygen atoms in total. The number of H-pyrrole nitrogens is 1. The molecule has 0 atom stereocenters. The Labute approximate surface area is 140 Å². The third kappa shape index (κ3) is 2.89. The van der Waals surface area contributed by atoms with Crippen LogP contribution < -0.4 is 16.9 Å². The van der Waals surface area contributed by atoms with Crippen molar-refractivity contribution in [3.63, 3.8) is 0 Å². The molecule has 3 aromatic rings. The Hall–Kier alpha value is -3.42. The van der Waals surface area contributed by atoms with E-state index in [1.165, 1.54) is 18.2 Å². The van der Waals surface area contributed by atoms with Gasteiger partial charge in [0.05, 0.1) is 12.1 Å². The number of rotatable bonds is 4. The van der Waals surface area contributed by atoms with E-state index in [-0.39, 0.29) is 22.4 Å². The Morgan fingerprint density at radius 3 is 2.64 bits per heavy atom. The number of Topliss-reactive ketones (excluding diaryl/α,β-unsaturated/α-hetero) is 1. The lowest BCUT2D eigenvalue weighted by Crippen LogP contribution is -2.38. The molecular formula is C17H14N2O6. The Morgan fingerprint density at radius 1 is 1.24 bits per heavy atom. The third-order valence-corrected chi connectivity index (χ3v) is 3.85. The predicted octanol–water partition coefficient (Wildman–Crippen LogP) is 0.794. The number of phenols is 1. The average Bonchev–Trinajstić information content (AvgIpc) is 2.57. The number of fused-ring (bicyclic) bond motifs is 1. The van der Waals surface area contributed by atoms with Crippen molar-refractivity contribution >= 4 is 16.9 Å². The smallest absolute Gasteiger partial charge is 0.337 e. The molecule has 0 aliphatic heterocycles. The van der Waals surface area contributed by atoms with E-state index in [0.29, 0.717) is 12.0 Å². The molecule has 0 fully saturated rings. The van der Waals surface area contributed by atoms with Crippen LogP contribution in [-0.4, -0.2) is 20.4 Å². The first-order valence-electron chi connectivity index (χ1n) is 7.53. The Bertz CT molecular complexity index is 1150. The molecule has 0 bridgehead atoms. The standard InChI is InChI=1S/C17H14N2O6/c1-2-9-7-13(22)25-15-14(9)16(23)19(17(24)18-15)8-12(21)10-5-3-4-6-11(10)20/h3-7,20H,2,8H2,1H3,(H,18,24). The number of ketones is 1. The van der Waals surface area contributed by atoms with E-state index in [9.17, 15) is 24.3 Å². The minimum atomic E-state index is -0.877. The molecule has 0 saturated carbocycles. The van der Waals surface area contributed by atoms with Gasteiger partial charge in [-0.2, -0.15) is 0 Å². The van der Waals surface area contributed by atoms with Crippen LogP contribution in [0.2, 0.25) is 0 Å². The van der Waals surface area contributed by atoms with Gasteiger partial charge in [0.15, 0.2) is 5.78 Å². The van der Waals surface area contributed by atoms with E-state index >= 15 is 0 Å². The highest BCUT2D eigenvalue weighted by molar-refractivity contribution is 5.98. The molecule has 0 unspecified atom stereocenters. The number of phenolic OH excluding ortho intramolecular Hbond substituents is 1. The molecule has 25 heavy (non-hydrogen) atoms. The second kappa shape index (κ2) is 6.23. The highest BCUT2D eigenvalue weighted by Gasteiger charge is 2.18. The van der Waals surface area contributed by atoms with Crippen LogP contribution in [-0.2, 0) is 13.0 Å². The summed E-state index contributed by atoms with van der Waals surface area (Å²) in [7, 11) is 0. The number of nitrogens with one attached hydrogen (secondary N) is 1. The first-order valence-corrected chi connectivity index (χ1v) is 7.53. The van der Waals surface area contributed by atoms with Crippen molar-refractivity contribution in [3.05, 3.63) is 72.7 Å². The summed E-state index contributed by atoms with van der Waals surface area (Å²) in [6.45, 7) is 1.19. The molecule has 0 radical (unpaired) electrons. The number of aryl methyl sites for hydroxylation is 1. The Kier molecular flexibility index (Phi) is 4.10. The summed E-state index contributed by atoms with van der Waals surface area (Å²) < 4.78 is 5.60. The number of hydrogen-bond acceptors (Lipinski definition) is 6. The average molecular weight is 342 g/mol. The quantitative estimate of drug-likeness (QED) is 0.676. The van der Waals surface area contributed by atoms with E-state index in [1.807, 2.05) is 0 Å². The maximum atomic E-state index is 12.7. The molecule has 0 aliphatic rings. The molecule has 2 N–H and O–H groups in total. The van der Waals surface area contributed by atoms with Gasteiger partial charge in [0.25, 0.3) is 5.56 Å². The largest absolute Gasteiger partial charge is 0.507 e. The second-order valence-electron chi connectivity index (χ2n) is 5.41. The zero-order valence-corrected chi connectivity index (χ0v) is 13.2. The van der Waals surface area contributed by atoms with Gasteiger partial charge < -0.3 is 9.52 Å². The van der Waals surface area contributed by atoms with Gasteiger partial charge >= 0.3 is 11.3 Å². The van der Waals surface area contributed by atoms with Gasteiger partial charge in [-0.3, -0.25) is 19.1 Å². The fraction of sp³-hybridized carbons (Fsp3) is 0.176. The third-order valence-electron chi connectivity index (χ3n) is 3.85. The van der Waals surface area contributed by atoms with Crippen LogP contribution in [0.1, 0.15) is 22.8 Å². The summed E-state index contributed by atoms with van der Waals surface area (Å²) in [5.74, 6) is -0.835. The summed E-state index contributed by atoms with van der Waals surface area (Å²) in [5, 5.41) is 9.79. The Balaban J connectivity index is 2.18. The van der Waals surface area contributed by atoms with E-state index in [4.69, 9.17) is 4.42 Å². The highest BCUT2D eigenvalue weighted by atomic mass is 16.4. The van der Waals surface area contributed by atoms with E-state index in [0.717, 1.165) is 4.57 Å². The second-order valence-corrected chi connectivity index (χ2v) is 5.41. The van der Waals surface area contributed by atoms with Crippen LogP contribution in [0.4, 0.5) is 0 Å². The molecule has 0 saturated heterocycles. The number of carbonyl (C=O) groups is 1. The molecule has 1 aromatic carbocycles. The lowest BCUT2D eigenvalue weighted by Gasteiger charge is -2.08. The lowest BCUT2D eigenvalue weighted by atomic mass is 10.1. The fourth-order valence-corrected chi connectivity index (χ4v) is 2.62. The van der Waals surface area contributed by atoms with E-state index < -0.39 is 29.2 Å². The monoisotopic (exact) mass is 342 g/mol. The van der Waals surface area contributed by atoms with Crippen LogP contribution in [0.5, 0.6) is 5.75 Å². The van der Waals surface area contributed by atoms with Gasteiger partial charge in [0.1, 0.15) is 11.1 Å². The SMILES string of the molecule is CCc1cc(=O)oc2[nH]c(=O)n(CC(=O)c3ccccc3O)c(=O)c12. The van der Waals surface area contributed by atoms with Gasteiger partial charge in [0, 0.05) is 6.07 Å². The first kappa shape index (κ1) is 16.4. The number of para-hydroxylation sites is 1. The van der Waals surface area contributed by atoms with Crippen molar-refractivity contribution in [2.45, 2.75) is 19.9 Å². The number of nitrogens with zero attached hydrogens (tertiary/aromatic N) is 1. The highest BCUT2D eigenvalue weighted by Crippen LogP contribution is 2.16. The molecule has 128 valence electrons. The molecule has 2 heterocycles. The van der Waals surface area contributed by atoms with Crippen molar-refractivity contribution in [1.29, 1.82) is 0 Å². The van der Waals surface area contributed by atoms with Gasteiger partial charge in [-0.25, -0.2) is 9.59 Å². The number of benzene rings is 1. The van der Waals surface area contributed by atoms with Gasteiger partial charge in [0.2, 0.25) is 5.71 Å². The van der Waals surface area contributed by atoms with Crippen LogP contribution in [0, 0.1) is 0 Å². The maximum absolute atomic E-state index is 12.7. The lowest BCUT2D eigenvalue weighted by molar-refractivity contribution is 0.0966. The molecular weight excluding hydrogens is 328 g/mol. The molecule has 2 aromatic heterocycles. The number of carbonyl (C=O) groups excluding carboxylic acids is 1. The van der Waals surface area contributed by atoms with Crippen molar-refractivity contribution in [2.24, 2.45) is 0 Å². The van der Waals surface area contributed by atoms with Crippen LogP contribution in [0.15, 0.2) is 49.1 Å². The summed E-state index contributed by atoms with van der Waals surface area (Å²) in [5.41, 5.74) is -2.09. The van der Waals surface area contributed by atoms with E-state index in [2.05, 4.69) is 4.98 Å². The summed E-state index contributed by atoms with van der Waals surface area (Å²) in [4.78, 5) is 50.9. The molecule has 0 amide bonds. The zero-order chi connectivity index (χ0) is 18.1. The molecule has 0 aliphatic carbocycles. The van der Waals surface area contributed by atoms with Gasteiger partial charge in [-0.15, -0.1) is 0 Å². The molecule has 3 rings (SSSR count). The summed E-state index contributed by atoms with van der Waals surface area (Å²) in [6, 6.07) is 7.02. The number of aromatic nitrogens is 2. The van der Waals surface area contributed by atoms with Crippen molar-refractivity contribution in [2.75, 3.05) is 0 Å². The van der Waals surface area contributed by atoms with Crippen molar-refractivity contribution < 1.29 is 14.3 Å². The minimum Gasteiger partial charge on any atom is -0.507 e. The van der Waals surface area contributed by atoms with Crippen LogP contribution >= 0.6 is 0 Å². The fourth-order valence-electron chi connectivity index (χ4n) is 2.62. The summed E-state index contributed by atoms with van der Waals surface area (Å²) >= 11 is 0. The van der Waals surface area contributed by atoms with Crippen LogP contribution in [0.25, 0.3) is 11.1 Å². The van der Waals surface area contributed by atoms with Crippen LogP contribution in [0.3, 0.4) is 0 Å². The first-order chi connectivity index (χ1) is 11.9. The van der Waals surface area contributed by atoms with Crippen molar-refractivity contribution in [3.8, 4) is 5.75 Å². The predicted molar refractivity (Wildman–Crippen MR) is 89.2 cm³/mol. The normalized spacial score (nSPS) is 10.9. The van der Waals surface area contributed by atoms with Crippen molar-refractivity contribution in [1.82, 2.24) is 9.55 Å². The van der Waals surface area contributed by atoms with Gasteiger partial charge in [-0.1, -0.05) is 19.1 Å². The topological polar surface area (TPSA) is 122 Å². The Morgan fingerprint density at radius 2 is 1.96 bits per heavy atom. The number of hydrogen-bond donors (Lipinski definition) is 2. The molecule has 8 heteroatoms. The number of aromatic amines is 1. The number of aromatic hydroxyl groups is 1. The molecule has 0 spiro atoms.